The Morgan fingerprint density at radius 1 is 1.28 bits per heavy atom. The Kier molecular flexibility index (Phi) is 4.61. The molecule has 2 nitrogen and oxygen atoms in total. The molecule has 0 amide bonds. The summed E-state index contributed by atoms with van der Waals surface area (Å²) in [5, 5.41) is 0. The van der Waals surface area contributed by atoms with Crippen molar-refractivity contribution >= 4 is 27.5 Å². The molecule has 0 saturated heterocycles. The summed E-state index contributed by atoms with van der Waals surface area (Å²) in [6, 6.07) is 9.86. The molecule has 2 aromatic rings. The summed E-state index contributed by atoms with van der Waals surface area (Å²) in [5.74, 6) is 1.31. The fraction of sp³-hybridized carbons (Fsp3) is 0.214. The normalized spacial score (nSPS) is 10.4. The summed E-state index contributed by atoms with van der Waals surface area (Å²) in [5.41, 5.74) is 2.99. The van der Waals surface area contributed by atoms with Gasteiger partial charge < -0.3 is 4.74 Å². The van der Waals surface area contributed by atoms with Crippen molar-refractivity contribution in [2.75, 3.05) is 0 Å². The van der Waals surface area contributed by atoms with Crippen LogP contribution in [0.4, 0.5) is 0 Å². The van der Waals surface area contributed by atoms with Crippen molar-refractivity contribution in [1.82, 2.24) is 4.98 Å². The van der Waals surface area contributed by atoms with Crippen LogP contribution in [-0.4, -0.2) is 4.98 Å². The van der Waals surface area contributed by atoms with Gasteiger partial charge in [0, 0.05) is 16.2 Å². The minimum absolute atomic E-state index is 0.446. The first-order chi connectivity index (χ1) is 8.70. The van der Waals surface area contributed by atoms with Crippen LogP contribution < -0.4 is 4.74 Å². The van der Waals surface area contributed by atoms with Gasteiger partial charge in [0.25, 0.3) is 0 Å². The third kappa shape index (κ3) is 3.24. The second-order valence-electron chi connectivity index (χ2n) is 3.95. The van der Waals surface area contributed by atoms with E-state index in [1.54, 1.807) is 6.20 Å². The Bertz CT molecular complexity index is 528. The van der Waals surface area contributed by atoms with Gasteiger partial charge in [-0.05, 0) is 40.5 Å². The third-order valence-corrected chi connectivity index (χ3v) is 3.35. The number of hydrogen-bond acceptors (Lipinski definition) is 2. The molecule has 0 fully saturated rings. The number of benzene rings is 1. The summed E-state index contributed by atoms with van der Waals surface area (Å²) in [7, 11) is 0. The van der Waals surface area contributed by atoms with Crippen molar-refractivity contribution in [2.24, 2.45) is 0 Å². The molecule has 1 aromatic carbocycles. The first-order valence-electron chi connectivity index (χ1n) is 5.58. The van der Waals surface area contributed by atoms with E-state index in [1.807, 2.05) is 37.3 Å². The molecule has 2 rings (SSSR count). The SMILES string of the molecule is Cc1cccc(CCl)c1OCc1ccc(Br)cn1. The topological polar surface area (TPSA) is 22.1 Å². The van der Waals surface area contributed by atoms with Gasteiger partial charge in [0.1, 0.15) is 12.4 Å². The lowest BCUT2D eigenvalue weighted by Gasteiger charge is -2.12. The summed E-state index contributed by atoms with van der Waals surface area (Å²) in [6.45, 7) is 2.46. The Hall–Kier alpha value is -1.06. The van der Waals surface area contributed by atoms with E-state index in [2.05, 4.69) is 20.9 Å². The molecule has 0 bridgehead atoms. The van der Waals surface area contributed by atoms with Gasteiger partial charge in [-0.3, -0.25) is 4.98 Å². The average Bonchev–Trinajstić information content (AvgIpc) is 2.39. The number of alkyl halides is 1. The van der Waals surface area contributed by atoms with Crippen LogP contribution in [0.25, 0.3) is 0 Å². The van der Waals surface area contributed by atoms with E-state index in [9.17, 15) is 0 Å². The highest BCUT2D eigenvalue weighted by atomic mass is 79.9. The predicted molar refractivity (Wildman–Crippen MR) is 77.0 cm³/mol. The number of hydrogen-bond donors (Lipinski definition) is 0. The molecule has 1 heterocycles. The van der Waals surface area contributed by atoms with E-state index < -0.39 is 0 Å². The van der Waals surface area contributed by atoms with Crippen molar-refractivity contribution < 1.29 is 4.74 Å². The van der Waals surface area contributed by atoms with Crippen molar-refractivity contribution in [2.45, 2.75) is 19.4 Å². The van der Waals surface area contributed by atoms with E-state index in [1.165, 1.54) is 0 Å². The monoisotopic (exact) mass is 325 g/mol. The highest BCUT2D eigenvalue weighted by molar-refractivity contribution is 9.10. The van der Waals surface area contributed by atoms with Gasteiger partial charge >= 0.3 is 0 Å². The maximum absolute atomic E-state index is 5.90. The Morgan fingerprint density at radius 2 is 2.11 bits per heavy atom. The summed E-state index contributed by atoms with van der Waals surface area (Å²) in [4.78, 5) is 4.27. The molecule has 94 valence electrons. The second kappa shape index (κ2) is 6.21. The molecule has 0 atom stereocenters. The maximum Gasteiger partial charge on any atom is 0.130 e. The zero-order valence-electron chi connectivity index (χ0n) is 9.99. The third-order valence-electron chi connectivity index (χ3n) is 2.59. The average molecular weight is 327 g/mol. The van der Waals surface area contributed by atoms with Gasteiger partial charge in [0.15, 0.2) is 0 Å². The van der Waals surface area contributed by atoms with Crippen LogP contribution in [0.3, 0.4) is 0 Å². The molecule has 0 radical (unpaired) electrons. The lowest BCUT2D eigenvalue weighted by Crippen LogP contribution is -2.01. The molecule has 0 aliphatic rings. The van der Waals surface area contributed by atoms with Crippen LogP contribution in [-0.2, 0) is 12.5 Å². The fourth-order valence-electron chi connectivity index (χ4n) is 1.66. The van der Waals surface area contributed by atoms with E-state index in [0.717, 1.165) is 27.0 Å². The highest BCUT2D eigenvalue weighted by Crippen LogP contribution is 2.25. The molecule has 1 aromatic heterocycles. The molecule has 0 saturated carbocycles. The Balaban J connectivity index is 2.12. The number of halogens is 2. The molecule has 0 spiro atoms. The van der Waals surface area contributed by atoms with Gasteiger partial charge in [-0.2, -0.15) is 0 Å². The zero-order chi connectivity index (χ0) is 13.0. The van der Waals surface area contributed by atoms with Crippen LogP contribution in [0.5, 0.6) is 5.75 Å². The minimum atomic E-state index is 0.446. The number of pyridine rings is 1. The first kappa shape index (κ1) is 13.4. The molecule has 0 N–H and O–H groups in total. The number of aromatic nitrogens is 1. The molecule has 0 unspecified atom stereocenters. The number of rotatable bonds is 4. The Labute approximate surface area is 120 Å². The quantitative estimate of drug-likeness (QED) is 0.773. The minimum Gasteiger partial charge on any atom is -0.487 e. The van der Waals surface area contributed by atoms with Crippen molar-refractivity contribution in [1.29, 1.82) is 0 Å². The molecule has 0 aliphatic carbocycles. The number of para-hydroxylation sites is 1. The predicted octanol–water partition coefficient (Wildman–Crippen LogP) is 4.47. The zero-order valence-corrected chi connectivity index (χ0v) is 12.3. The second-order valence-corrected chi connectivity index (χ2v) is 5.14. The van der Waals surface area contributed by atoms with Crippen LogP contribution >= 0.6 is 27.5 Å². The molecular weight excluding hydrogens is 314 g/mol. The number of nitrogens with zero attached hydrogens (tertiary/aromatic N) is 1. The van der Waals surface area contributed by atoms with E-state index in [0.29, 0.717) is 12.5 Å². The first-order valence-corrected chi connectivity index (χ1v) is 6.91. The standard InChI is InChI=1S/C14H13BrClNO/c1-10-3-2-4-11(7-16)14(10)18-9-13-6-5-12(15)8-17-13/h2-6,8H,7,9H2,1H3. The van der Waals surface area contributed by atoms with Gasteiger partial charge in [-0.1, -0.05) is 18.2 Å². The van der Waals surface area contributed by atoms with Crippen LogP contribution in [0.15, 0.2) is 41.0 Å². The van der Waals surface area contributed by atoms with Crippen molar-refractivity contribution in [3.05, 3.63) is 57.8 Å². The number of aryl methyl sites for hydroxylation is 1. The molecular formula is C14H13BrClNO. The fourth-order valence-corrected chi connectivity index (χ4v) is 2.11. The lowest BCUT2D eigenvalue weighted by atomic mass is 10.1. The highest BCUT2D eigenvalue weighted by Gasteiger charge is 2.06. The number of ether oxygens (including phenoxy) is 1. The van der Waals surface area contributed by atoms with Gasteiger partial charge in [0.2, 0.25) is 0 Å². The van der Waals surface area contributed by atoms with Crippen molar-refractivity contribution in [3.63, 3.8) is 0 Å². The summed E-state index contributed by atoms with van der Waals surface area (Å²) < 4.78 is 6.78. The van der Waals surface area contributed by atoms with Gasteiger partial charge in [0.05, 0.1) is 11.6 Å². The molecule has 18 heavy (non-hydrogen) atoms. The smallest absolute Gasteiger partial charge is 0.130 e. The van der Waals surface area contributed by atoms with Crippen molar-refractivity contribution in [3.8, 4) is 5.75 Å². The largest absolute Gasteiger partial charge is 0.487 e. The van der Waals surface area contributed by atoms with Crippen LogP contribution in [0.1, 0.15) is 16.8 Å². The molecule has 0 aliphatic heterocycles. The van der Waals surface area contributed by atoms with Gasteiger partial charge in [-0.25, -0.2) is 0 Å². The maximum atomic E-state index is 5.90. The van der Waals surface area contributed by atoms with Gasteiger partial charge in [-0.15, -0.1) is 11.6 Å². The van der Waals surface area contributed by atoms with E-state index in [-0.39, 0.29) is 0 Å². The van der Waals surface area contributed by atoms with Crippen LogP contribution in [0, 0.1) is 6.92 Å². The summed E-state index contributed by atoms with van der Waals surface area (Å²) >= 11 is 9.26. The van der Waals surface area contributed by atoms with Crippen LogP contribution in [0.2, 0.25) is 0 Å². The van der Waals surface area contributed by atoms with E-state index in [4.69, 9.17) is 16.3 Å². The van der Waals surface area contributed by atoms with E-state index >= 15 is 0 Å². The molecule has 4 heteroatoms. The summed E-state index contributed by atoms with van der Waals surface area (Å²) in [6.07, 6.45) is 1.76. The Morgan fingerprint density at radius 3 is 2.78 bits per heavy atom. The lowest BCUT2D eigenvalue weighted by molar-refractivity contribution is 0.297.